The van der Waals surface area contributed by atoms with Crippen molar-refractivity contribution in [3.05, 3.63) is 35.0 Å². The van der Waals surface area contributed by atoms with Gasteiger partial charge in [-0.25, -0.2) is 4.98 Å². The Morgan fingerprint density at radius 2 is 2.22 bits per heavy atom. The summed E-state index contributed by atoms with van der Waals surface area (Å²) < 4.78 is 5.51. The van der Waals surface area contributed by atoms with Gasteiger partial charge >= 0.3 is 0 Å². The second kappa shape index (κ2) is 5.98. The van der Waals surface area contributed by atoms with Gasteiger partial charge in [-0.1, -0.05) is 12.1 Å². The molecule has 0 unspecified atom stereocenters. The van der Waals surface area contributed by atoms with E-state index in [0.29, 0.717) is 13.0 Å². The van der Waals surface area contributed by atoms with Crippen LogP contribution in [0.4, 0.5) is 0 Å². The van der Waals surface area contributed by atoms with Crippen LogP contribution in [0.25, 0.3) is 10.4 Å². The van der Waals surface area contributed by atoms with Crippen LogP contribution in [0.1, 0.15) is 17.6 Å². The zero-order valence-electron chi connectivity index (χ0n) is 10.6. The number of thiazole rings is 1. The highest BCUT2D eigenvalue weighted by atomic mass is 32.1. The molecule has 0 amide bonds. The normalized spacial score (nSPS) is 10.6. The average Bonchev–Trinajstić information content (AvgIpc) is 2.72. The standard InChI is InChI=1S/C14H17NO2S/c1-3-17-12-6-4-5-11(9-12)14-10(2)15-13(18-14)7-8-16/h4-6,9,16H,3,7-8H2,1-2H3. The minimum absolute atomic E-state index is 0.144. The number of rotatable bonds is 5. The molecular weight excluding hydrogens is 246 g/mol. The van der Waals surface area contributed by atoms with E-state index in [1.165, 1.54) is 0 Å². The molecule has 2 rings (SSSR count). The Morgan fingerprint density at radius 3 is 2.94 bits per heavy atom. The van der Waals surface area contributed by atoms with E-state index in [-0.39, 0.29) is 6.61 Å². The zero-order valence-corrected chi connectivity index (χ0v) is 11.5. The minimum atomic E-state index is 0.144. The van der Waals surface area contributed by atoms with E-state index in [2.05, 4.69) is 11.1 Å². The van der Waals surface area contributed by atoms with Gasteiger partial charge in [0.25, 0.3) is 0 Å². The molecule has 3 nitrogen and oxygen atoms in total. The first-order valence-electron chi connectivity index (χ1n) is 6.05. The van der Waals surface area contributed by atoms with Crippen LogP contribution in [-0.4, -0.2) is 23.3 Å². The highest BCUT2D eigenvalue weighted by Crippen LogP contribution is 2.32. The maximum Gasteiger partial charge on any atom is 0.119 e. The van der Waals surface area contributed by atoms with E-state index in [0.717, 1.165) is 26.9 Å². The van der Waals surface area contributed by atoms with Crippen molar-refractivity contribution in [3.8, 4) is 16.2 Å². The number of hydrogen-bond acceptors (Lipinski definition) is 4. The molecule has 0 spiro atoms. The maximum absolute atomic E-state index is 8.95. The summed E-state index contributed by atoms with van der Waals surface area (Å²) >= 11 is 1.64. The molecule has 0 saturated carbocycles. The van der Waals surface area contributed by atoms with E-state index in [1.807, 2.05) is 32.0 Å². The summed E-state index contributed by atoms with van der Waals surface area (Å²) in [6.07, 6.45) is 0.622. The second-order valence-corrected chi connectivity index (χ2v) is 5.04. The Balaban J connectivity index is 2.32. The van der Waals surface area contributed by atoms with Crippen LogP contribution in [-0.2, 0) is 6.42 Å². The van der Waals surface area contributed by atoms with Crippen molar-refractivity contribution in [1.82, 2.24) is 4.98 Å². The fourth-order valence-electron chi connectivity index (χ4n) is 1.82. The van der Waals surface area contributed by atoms with Gasteiger partial charge < -0.3 is 9.84 Å². The van der Waals surface area contributed by atoms with Crippen LogP contribution in [0.3, 0.4) is 0 Å². The number of ether oxygens (including phenoxy) is 1. The Kier molecular flexibility index (Phi) is 4.33. The third-order valence-corrected chi connectivity index (χ3v) is 3.84. The molecule has 1 aromatic carbocycles. The number of nitrogens with zero attached hydrogens (tertiary/aromatic N) is 1. The lowest BCUT2D eigenvalue weighted by atomic mass is 10.1. The number of aromatic nitrogens is 1. The summed E-state index contributed by atoms with van der Waals surface area (Å²) in [5, 5.41) is 9.93. The van der Waals surface area contributed by atoms with Gasteiger partial charge in [0.1, 0.15) is 5.75 Å². The van der Waals surface area contributed by atoms with Gasteiger partial charge in [0.2, 0.25) is 0 Å². The first kappa shape index (κ1) is 13.1. The average molecular weight is 263 g/mol. The molecule has 0 bridgehead atoms. The van der Waals surface area contributed by atoms with Crippen LogP contribution in [0.5, 0.6) is 5.75 Å². The van der Waals surface area contributed by atoms with Crippen molar-refractivity contribution in [1.29, 1.82) is 0 Å². The highest BCUT2D eigenvalue weighted by Gasteiger charge is 2.10. The Labute approximate surface area is 111 Å². The Hall–Kier alpha value is -1.39. The van der Waals surface area contributed by atoms with Gasteiger partial charge in [0.05, 0.1) is 22.2 Å². The Morgan fingerprint density at radius 1 is 1.39 bits per heavy atom. The predicted molar refractivity (Wildman–Crippen MR) is 74.2 cm³/mol. The summed E-state index contributed by atoms with van der Waals surface area (Å²) in [5.74, 6) is 0.881. The molecule has 0 aliphatic heterocycles. The van der Waals surface area contributed by atoms with Crippen molar-refractivity contribution in [2.24, 2.45) is 0 Å². The molecule has 1 N–H and O–H groups in total. The lowest BCUT2D eigenvalue weighted by Gasteiger charge is -2.04. The first-order valence-corrected chi connectivity index (χ1v) is 6.86. The molecule has 0 atom stereocenters. The van der Waals surface area contributed by atoms with Crippen LogP contribution < -0.4 is 4.74 Å². The summed E-state index contributed by atoms with van der Waals surface area (Å²) in [6.45, 7) is 4.79. The topological polar surface area (TPSA) is 42.4 Å². The number of benzene rings is 1. The van der Waals surface area contributed by atoms with Crippen molar-refractivity contribution >= 4 is 11.3 Å². The van der Waals surface area contributed by atoms with Crippen molar-refractivity contribution in [2.75, 3.05) is 13.2 Å². The molecule has 2 aromatic rings. The molecule has 0 saturated heterocycles. The summed E-state index contributed by atoms with van der Waals surface area (Å²) in [5.41, 5.74) is 2.14. The van der Waals surface area contributed by atoms with Crippen molar-refractivity contribution < 1.29 is 9.84 Å². The second-order valence-electron chi connectivity index (χ2n) is 3.96. The molecule has 1 aromatic heterocycles. The third-order valence-electron chi connectivity index (χ3n) is 2.57. The van der Waals surface area contributed by atoms with Gasteiger partial charge in [-0.15, -0.1) is 11.3 Å². The summed E-state index contributed by atoms with van der Waals surface area (Å²) in [7, 11) is 0. The molecule has 18 heavy (non-hydrogen) atoms. The van der Waals surface area contributed by atoms with E-state index in [9.17, 15) is 0 Å². The van der Waals surface area contributed by atoms with Crippen LogP contribution in [0.15, 0.2) is 24.3 Å². The highest BCUT2D eigenvalue weighted by molar-refractivity contribution is 7.15. The van der Waals surface area contributed by atoms with Gasteiger partial charge in [0.15, 0.2) is 0 Å². The summed E-state index contributed by atoms with van der Waals surface area (Å²) in [6, 6.07) is 8.04. The molecule has 1 heterocycles. The molecule has 0 radical (unpaired) electrons. The fraction of sp³-hybridized carbons (Fsp3) is 0.357. The van der Waals surface area contributed by atoms with Crippen molar-refractivity contribution in [2.45, 2.75) is 20.3 Å². The third kappa shape index (κ3) is 2.89. The minimum Gasteiger partial charge on any atom is -0.494 e. The number of hydrogen-bond donors (Lipinski definition) is 1. The lowest BCUT2D eigenvalue weighted by molar-refractivity contribution is 0.299. The molecule has 0 fully saturated rings. The smallest absolute Gasteiger partial charge is 0.119 e. The molecule has 4 heteroatoms. The van der Waals surface area contributed by atoms with E-state index < -0.39 is 0 Å². The van der Waals surface area contributed by atoms with E-state index >= 15 is 0 Å². The lowest BCUT2D eigenvalue weighted by Crippen LogP contribution is -1.91. The van der Waals surface area contributed by atoms with Gasteiger partial charge in [-0.05, 0) is 31.5 Å². The molecular formula is C14H17NO2S. The SMILES string of the molecule is CCOc1cccc(-c2sc(CCO)nc2C)c1. The van der Waals surface area contributed by atoms with Gasteiger partial charge in [-0.3, -0.25) is 0 Å². The monoisotopic (exact) mass is 263 g/mol. The first-order chi connectivity index (χ1) is 8.74. The van der Waals surface area contributed by atoms with Gasteiger partial charge in [0, 0.05) is 13.0 Å². The predicted octanol–water partition coefficient (Wildman–Crippen LogP) is 3.05. The van der Waals surface area contributed by atoms with Crippen LogP contribution in [0.2, 0.25) is 0 Å². The zero-order chi connectivity index (χ0) is 13.0. The fourth-order valence-corrected chi connectivity index (χ4v) is 2.87. The Bertz CT molecular complexity index is 522. The number of aliphatic hydroxyl groups excluding tert-OH is 1. The summed E-state index contributed by atoms with van der Waals surface area (Å²) in [4.78, 5) is 5.62. The van der Waals surface area contributed by atoms with Crippen LogP contribution in [0, 0.1) is 6.92 Å². The van der Waals surface area contributed by atoms with Crippen LogP contribution >= 0.6 is 11.3 Å². The molecule has 96 valence electrons. The molecule has 0 aliphatic carbocycles. The van der Waals surface area contributed by atoms with Crippen molar-refractivity contribution in [3.63, 3.8) is 0 Å². The van der Waals surface area contributed by atoms with Gasteiger partial charge in [-0.2, -0.15) is 0 Å². The van der Waals surface area contributed by atoms with E-state index in [4.69, 9.17) is 9.84 Å². The maximum atomic E-state index is 8.95. The molecule has 0 aliphatic rings. The quantitative estimate of drug-likeness (QED) is 0.901. The number of aliphatic hydroxyl groups is 1. The van der Waals surface area contributed by atoms with E-state index in [1.54, 1.807) is 11.3 Å². The largest absolute Gasteiger partial charge is 0.494 e. The number of aryl methyl sites for hydroxylation is 1.